The van der Waals surface area contributed by atoms with Crippen LogP contribution in [0.2, 0.25) is 0 Å². The van der Waals surface area contributed by atoms with E-state index >= 15 is 0 Å². The van der Waals surface area contributed by atoms with Crippen LogP contribution in [0.25, 0.3) is 0 Å². The molecule has 1 aromatic heterocycles. The summed E-state index contributed by atoms with van der Waals surface area (Å²) in [6.07, 6.45) is 8.31. The van der Waals surface area contributed by atoms with Gasteiger partial charge in [-0.15, -0.1) is 11.3 Å². The van der Waals surface area contributed by atoms with Gasteiger partial charge in [0.15, 0.2) is 0 Å². The average molecular weight is 322 g/mol. The maximum absolute atomic E-state index is 12.5. The van der Waals surface area contributed by atoms with Crippen molar-refractivity contribution in [3.05, 3.63) is 21.4 Å². The third-order valence-electron chi connectivity index (χ3n) is 4.81. The predicted molar refractivity (Wildman–Crippen MR) is 89.8 cm³/mol. The summed E-state index contributed by atoms with van der Waals surface area (Å²) >= 11 is 1.69. The van der Waals surface area contributed by atoms with Crippen LogP contribution in [-0.2, 0) is 17.6 Å². The van der Waals surface area contributed by atoms with E-state index in [4.69, 9.17) is 4.74 Å². The molecule has 2 heterocycles. The summed E-state index contributed by atoms with van der Waals surface area (Å²) in [7, 11) is 1.72. The molecule has 2 N–H and O–H groups in total. The molecule has 0 radical (unpaired) electrons. The molecule has 22 heavy (non-hydrogen) atoms. The minimum absolute atomic E-state index is 0.0715. The molecule has 3 rings (SSSR count). The second kappa shape index (κ2) is 7.11. The first-order chi connectivity index (χ1) is 10.7. The molecule has 0 saturated carbocycles. The number of carbonyl (C=O) groups excluding carboxylic acids is 1. The highest BCUT2D eigenvalue weighted by atomic mass is 32.1. The van der Waals surface area contributed by atoms with Gasteiger partial charge >= 0.3 is 0 Å². The molecule has 1 unspecified atom stereocenters. The van der Waals surface area contributed by atoms with Crippen LogP contribution in [0, 0.1) is 0 Å². The molecule has 1 aliphatic heterocycles. The van der Waals surface area contributed by atoms with Crippen molar-refractivity contribution in [3.63, 3.8) is 0 Å². The van der Waals surface area contributed by atoms with Crippen LogP contribution in [0.3, 0.4) is 0 Å². The summed E-state index contributed by atoms with van der Waals surface area (Å²) in [6.45, 7) is 2.29. The number of rotatable bonds is 5. The molecular formula is C17H26N2O2S. The van der Waals surface area contributed by atoms with E-state index in [1.54, 1.807) is 18.4 Å². The van der Waals surface area contributed by atoms with Crippen LogP contribution in [0.4, 0.5) is 0 Å². The Bertz CT molecular complexity index is 497. The molecule has 0 bridgehead atoms. The van der Waals surface area contributed by atoms with Gasteiger partial charge in [-0.2, -0.15) is 0 Å². The van der Waals surface area contributed by atoms with Gasteiger partial charge in [-0.05, 0) is 56.7 Å². The van der Waals surface area contributed by atoms with Gasteiger partial charge in [0.25, 0.3) is 5.91 Å². The van der Waals surface area contributed by atoms with Crippen molar-refractivity contribution in [2.24, 2.45) is 0 Å². The number of methoxy groups -OCH3 is 1. The van der Waals surface area contributed by atoms with Crippen LogP contribution in [-0.4, -0.2) is 38.3 Å². The van der Waals surface area contributed by atoms with Crippen LogP contribution >= 0.6 is 11.3 Å². The first-order valence-electron chi connectivity index (χ1n) is 8.36. The van der Waals surface area contributed by atoms with E-state index in [1.807, 2.05) is 0 Å². The molecule has 1 amide bonds. The highest BCUT2D eigenvalue weighted by Crippen LogP contribution is 2.29. The lowest BCUT2D eigenvalue weighted by molar-refractivity contribution is 0.0896. The molecule has 1 atom stereocenters. The van der Waals surface area contributed by atoms with E-state index in [-0.39, 0.29) is 11.4 Å². The monoisotopic (exact) mass is 322 g/mol. The fourth-order valence-electron chi connectivity index (χ4n) is 3.59. The summed E-state index contributed by atoms with van der Waals surface area (Å²) in [5.41, 5.74) is 1.32. The summed E-state index contributed by atoms with van der Waals surface area (Å²) in [4.78, 5) is 14.8. The van der Waals surface area contributed by atoms with Crippen molar-refractivity contribution in [1.29, 1.82) is 0 Å². The first kappa shape index (κ1) is 16.0. The quantitative estimate of drug-likeness (QED) is 0.819. The van der Waals surface area contributed by atoms with Gasteiger partial charge in [0, 0.05) is 18.5 Å². The number of amides is 1. The molecule has 122 valence electrons. The van der Waals surface area contributed by atoms with Crippen LogP contribution in [0.1, 0.15) is 52.2 Å². The molecule has 0 aromatic carbocycles. The largest absolute Gasteiger partial charge is 0.383 e. The standard InChI is InChI=1S/C17H26N2O2S/c1-21-12-17(8-5-9-19-17)11-18-16(20)15-10-13-6-3-2-4-7-14(13)22-15/h10,19H,2-9,11-12H2,1H3,(H,18,20). The molecule has 0 spiro atoms. The van der Waals surface area contributed by atoms with Crippen molar-refractivity contribution >= 4 is 17.2 Å². The van der Waals surface area contributed by atoms with E-state index in [9.17, 15) is 4.79 Å². The topological polar surface area (TPSA) is 50.4 Å². The molecule has 1 aliphatic carbocycles. The smallest absolute Gasteiger partial charge is 0.261 e. The van der Waals surface area contributed by atoms with Crippen LogP contribution in [0.5, 0.6) is 0 Å². The second-order valence-electron chi connectivity index (χ2n) is 6.55. The lowest BCUT2D eigenvalue weighted by atomic mass is 9.98. The minimum Gasteiger partial charge on any atom is -0.383 e. The van der Waals surface area contributed by atoms with Crippen molar-refractivity contribution in [2.45, 2.75) is 50.5 Å². The van der Waals surface area contributed by atoms with Crippen molar-refractivity contribution < 1.29 is 9.53 Å². The van der Waals surface area contributed by atoms with Gasteiger partial charge < -0.3 is 15.4 Å². The summed E-state index contributed by atoms with van der Waals surface area (Å²) in [6, 6.07) is 2.12. The van der Waals surface area contributed by atoms with Crippen molar-refractivity contribution in [2.75, 3.05) is 26.8 Å². The van der Waals surface area contributed by atoms with Crippen molar-refractivity contribution in [3.8, 4) is 0 Å². The highest BCUT2D eigenvalue weighted by Gasteiger charge is 2.34. The van der Waals surface area contributed by atoms with E-state index < -0.39 is 0 Å². The van der Waals surface area contributed by atoms with Gasteiger partial charge in [-0.1, -0.05) is 6.42 Å². The van der Waals surface area contributed by atoms with Gasteiger partial charge in [0.2, 0.25) is 0 Å². The predicted octanol–water partition coefficient (Wildman–Crippen LogP) is 2.52. The Labute approximate surface area is 136 Å². The normalized spacial score (nSPS) is 24.8. The zero-order valence-electron chi connectivity index (χ0n) is 13.4. The molecular weight excluding hydrogens is 296 g/mol. The second-order valence-corrected chi connectivity index (χ2v) is 7.68. The summed E-state index contributed by atoms with van der Waals surface area (Å²) < 4.78 is 5.34. The van der Waals surface area contributed by atoms with Crippen molar-refractivity contribution in [1.82, 2.24) is 10.6 Å². The summed E-state index contributed by atoms with van der Waals surface area (Å²) in [5, 5.41) is 6.62. The number of hydrogen-bond acceptors (Lipinski definition) is 4. The Morgan fingerprint density at radius 2 is 2.23 bits per heavy atom. The Morgan fingerprint density at radius 3 is 3.00 bits per heavy atom. The fourth-order valence-corrected chi connectivity index (χ4v) is 4.76. The van der Waals surface area contributed by atoms with Gasteiger partial charge in [0.1, 0.15) is 0 Å². The van der Waals surface area contributed by atoms with E-state index in [1.165, 1.54) is 29.7 Å². The molecule has 2 aliphatic rings. The zero-order valence-corrected chi connectivity index (χ0v) is 14.2. The Hall–Kier alpha value is -0.910. The molecule has 1 fully saturated rings. The fraction of sp³-hybridized carbons (Fsp3) is 0.706. The maximum atomic E-state index is 12.5. The highest BCUT2D eigenvalue weighted by molar-refractivity contribution is 7.14. The Morgan fingerprint density at radius 1 is 1.36 bits per heavy atom. The number of nitrogens with one attached hydrogen (secondary N) is 2. The zero-order chi connectivity index (χ0) is 15.4. The van der Waals surface area contributed by atoms with E-state index in [0.717, 1.165) is 37.1 Å². The molecule has 1 aromatic rings. The van der Waals surface area contributed by atoms with Gasteiger partial charge in [-0.3, -0.25) is 4.79 Å². The number of ether oxygens (including phenoxy) is 1. The Kier molecular flexibility index (Phi) is 5.16. The Balaban J connectivity index is 1.62. The number of aryl methyl sites for hydroxylation is 2. The third kappa shape index (κ3) is 3.53. The average Bonchev–Trinajstić information content (AvgIpc) is 3.08. The third-order valence-corrected chi connectivity index (χ3v) is 6.05. The first-order valence-corrected chi connectivity index (χ1v) is 9.18. The minimum atomic E-state index is -0.0846. The van der Waals surface area contributed by atoms with Crippen LogP contribution in [0.15, 0.2) is 6.07 Å². The number of hydrogen-bond donors (Lipinski definition) is 2. The SMILES string of the molecule is COCC1(CNC(=O)c2cc3c(s2)CCCCC3)CCCN1. The lowest BCUT2D eigenvalue weighted by Gasteiger charge is -2.28. The molecule has 4 nitrogen and oxygen atoms in total. The lowest BCUT2D eigenvalue weighted by Crippen LogP contribution is -2.52. The number of carbonyl (C=O) groups is 1. The molecule has 1 saturated heterocycles. The van der Waals surface area contributed by atoms with Crippen LogP contribution < -0.4 is 10.6 Å². The van der Waals surface area contributed by atoms with Gasteiger partial charge in [-0.25, -0.2) is 0 Å². The van der Waals surface area contributed by atoms with Gasteiger partial charge in [0.05, 0.1) is 17.0 Å². The molecule has 5 heteroatoms. The number of fused-ring (bicyclic) bond motifs is 1. The summed E-state index contributed by atoms with van der Waals surface area (Å²) in [5.74, 6) is 0.0715. The van der Waals surface area contributed by atoms with E-state index in [2.05, 4.69) is 16.7 Å². The van der Waals surface area contributed by atoms with E-state index in [0.29, 0.717) is 13.2 Å². The number of thiophene rings is 1. The maximum Gasteiger partial charge on any atom is 0.261 e.